The second-order valence-corrected chi connectivity index (χ2v) is 5.62. The fraction of sp³-hybridized carbons (Fsp3) is 0.800. The zero-order valence-electron chi connectivity index (χ0n) is 11.7. The fourth-order valence-corrected chi connectivity index (χ4v) is 2.87. The van der Waals surface area contributed by atoms with Gasteiger partial charge >= 0.3 is 0 Å². The van der Waals surface area contributed by atoms with Gasteiger partial charge in [0, 0.05) is 11.7 Å². The number of aryl methyl sites for hydroxylation is 2. The van der Waals surface area contributed by atoms with E-state index in [1.807, 2.05) is 6.20 Å². The summed E-state index contributed by atoms with van der Waals surface area (Å²) in [6, 6.07) is 0.774. The van der Waals surface area contributed by atoms with Gasteiger partial charge in [-0.1, -0.05) is 32.1 Å². The van der Waals surface area contributed by atoms with Crippen molar-refractivity contribution in [3.05, 3.63) is 17.5 Å². The minimum atomic E-state index is 0.774. The molecule has 102 valence electrons. The molecule has 0 amide bonds. The van der Waals surface area contributed by atoms with E-state index >= 15 is 0 Å². The molecule has 0 aliphatic heterocycles. The molecule has 1 heterocycles. The van der Waals surface area contributed by atoms with Gasteiger partial charge < -0.3 is 5.32 Å². The van der Waals surface area contributed by atoms with Crippen molar-refractivity contribution < 1.29 is 0 Å². The highest BCUT2D eigenvalue weighted by Crippen LogP contribution is 2.17. The van der Waals surface area contributed by atoms with Gasteiger partial charge in [-0.25, -0.2) is 0 Å². The van der Waals surface area contributed by atoms with Gasteiger partial charge in [0.05, 0.1) is 6.20 Å². The lowest BCUT2D eigenvalue weighted by atomic mass is 9.96. The molecule has 2 rings (SSSR count). The first-order valence-corrected chi connectivity index (χ1v) is 7.58. The van der Waals surface area contributed by atoms with E-state index in [0.717, 1.165) is 19.0 Å². The van der Waals surface area contributed by atoms with Gasteiger partial charge in [-0.15, -0.1) is 0 Å². The number of hydrogen-bond acceptors (Lipinski definition) is 2. The molecule has 1 aliphatic carbocycles. The average molecular weight is 249 g/mol. The summed E-state index contributed by atoms with van der Waals surface area (Å²) in [4.78, 5) is 0. The molecule has 0 saturated heterocycles. The van der Waals surface area contributed by atoms with Crippen LogP contribution in [0.5, 0.6) is 0 Å². The maximum atomic E-state index is 4.07. The zero-order valence-corrected chi connectivity index (χ0v) is 11.7. The number of aromatic amines is 1. The highest BCUT2D eigenvalue weighted by atomic mass is 15.1. The molecule has 0 bridgehead atoms. The Morgan fingerprint density at radius 2 is 1.94 bits per heavy atom. The Kier molecular flexibility index (Phi) is 5.72. The summed E-state index contributed by atoms with van der Waals surface area (Å²) in [5.74, 6) is 0. The van der Waals surface area contributed by atoms with Crippen LogP contribution in [-0.4, -0.2) is 22.8 Å². The first-order chi connectivity index (χ1) is 8.86. The summed E-state index contributed by atoms with van der Waals surface area (Å²) in [6.07, 6.45) is 14.2. The van der Waals surface area contributed by atoms with E-state index in [9.17, 15) is 0 Å². The van der Waals surface area contributed by atoms with E-state index in [1.54, 1.807) is 0 Å². The van der Waals surface area contributed by atoms with Crippen molar-refractivity contribution in [1.82, 2.24) is 15.5 Å². The first kappa shape index (κ1) is 13.6. The van der Waals surface area contributed by atoms with Crippen LogP contribution in [0.4, 0.5) is 0 Å². The Morgan fingerprint density at radius 3 is 2.61 bits per heavy atom. The molecule has 3 heteroatoms. The van der Waals surface area contributed by atoms with E-state index in [0.29, 0.717) is 0 Å². The van der Waals surface area contributed by atoms with Crippen LogP contribution in [0.2, 0.25) is 0 Å². The molecular weight excluding hydrogens is 222 g/mol. The minimum absolute atomic E-state index is 0.774. The maximum absolute atomic E-state index is 4.07. The van der Waals surface area contributed by atoms with E-state index in [2.05, 4.69) is 22.4 Å². The molecule has 0 spiro atoms. The van der Waals surface area contributed by atoms with Crippen LogP contribution in [-0.2, 0) is 6.42 Å². The Labute approximate surface area is 111 Å². The van der Waals surface area contributed by atoms with E-state index in [1.165, 1.54) is 62.6 Å². The number of hydrogen-bond donors (Lipinski definition) is 2. The number of aromatic nitrogens is 2. The normalized spacial score (nSPS) is 18.5. The third-order valence-corrected chi connectivity index (χ3v) is 4.10. The molecule has 1 aromatic heterocycles. The lowest BCUT2D eigenvalue weighted by Crippen LogP contribution is -2.30. The van der Waals surface area contributed by atoms with Crippen molar-refractivity contribution in [1.29, 1.82) is 0 Å². The Morgan fingerprint density at radius 1 is 1.22 bits per heavy atom. The van der Waals surface area contributed by atoms with Crippen LogP contribution in [0.1, 0.15) is 62.6 Å². The molecule has 0 aromatic carbocycles. The van der Waals surface area contributed by atoms with Gasteiger partial charge in [-0.3, -0.25) is 5.10 Å². The standard InChI is InChI=1S/C15H27N3/c1-13-14(12-17-18-13)8-7-11-16-15-9-5-3-2-4-6-10-15/h12,15-16H,2-11H2,1H3,(H,17,18). The largest absolute Gasteiger partial charge is 0.314 e. The van der Waals surface area contributed by atoms with Crippen LogP contribution in [0.15, 0.2) is 6.20 Å². The molecular formula is C15H27N3. The molecule has 0 unspecified atom stereocenters. The minimum Gasteiger partial charge on any atom is -0.314 e. The second-order valence-electron chi connectivity index (χ2n) is 5.62. The highest BCUT2D eigenvalue weighted by molar-refractivity contribution is 5.14. The smallest absolute Gasteiger partial charge is 0.0522 e. The lowest BCUT2D eigenvalue weighted by Gasteiger charge is -2.21. The summed E-state index contributed by atoms with van der Waals surface area (Å²) < 4.78 is 0. The number of H-pyrrole nitrogens is 1. The summed E-state index contributed by atoms with van der Waals surface area (Å²) in [5.41, 5.74) is 2.59. The second kappa shape index (κ2) is 7.57. The van der Waals surface area contributed by atoms with Gasteiger partial charge in [0.25, 0.3) is 0 Å². The fourth-order valence-electron chi connectivity index (χ4n) is 2.87. The lowest BCUT2D eigenvalue weighted by molar-refractivity contribution is 0.388. The molecule has 1 saturated carbocycles. The summed E-state index contributed by atoms with van der Waals surface area (Å²) in [5, 5.41) is 10.8. The van der Waals surface area contributed by atoms with Crippen LogP contribution < -0.4 is 5.32 Å². The quantitative estimate of drug-likeness (QED) is 0.786. The van der Waals surface area contributed by atoms with Gasteiger partial charge in [0.15, 0.2) is 0 Å². The van der Waals surface area contributed by atoms with Crippen molar-refractivity contribution in [2.24, 2.45) is 0 Å². The predicted molar refractivity (Wildman–Crippen MR) is 75.8 cm³/mol. The van der Waals surface area contributed by atoms with Crippen molar-refractivity contribution >= 4 is 0 Å². The van der Waals surface area contributed by atoms with Crippen molar-refractivity contribution in [2.45, 2.75) is 70.8 Å². The topological polar surface area (TPSA) is 40.7 Å². The molecule has 1 aliphatic rings. The van der Waals surface area contributed by atoms with Crippen molar-refractivity contribution in [2.75, 3.05) is 6.54 Å². The van der Waals surface area contributed by atoms with Gasteiger partial charge in [-0.2, -0.15) is 5.10 Å². The summed E-state index contributed by atoms with van der Waals surface area (Å²) >= 11 is 0. The monoisotopic (exact) mass is 249 g/mol. The van der Waals surface area contributed by atoms with E-state index in [4.69, 9.17) is 0 Å². The third-order valence-electron chi connectivity index (χ3n) is 4.10. The van der Waals surface area contributed by atoms with Crippen LogP contribution in [0.3, 0.4) is 0 Å². The van der Waals surface area contributed by atoms with Crippen molar-refractivity contribution in [3.8, 4) is 0 Å². The Balaban J connectivity index is 1.60. The van der Waals surface area contributed by atoms with Gasteiger partial charge in [0.2, 0.25) is 0 Å². The van der Waals surface area contributed by atoms with Crippen LogP contribution in [0.25, 0.3) is 0 Å². The van der Waals surface area contributed by atoms with E-state index in [-0.39, 0.29) is 0 Å². The first-order valence-electron chi connectivity index (χ1n) is 7.58. The van der Waals surface area contributed by atoms with Crippen molar-refractivity contribution in [3.63, 3.8) is 0 Å². The molecule has 0 radical (unpaired) electrons. The zero-order chi connectivity index (χ0) is 12.6. The number of rotatable bonds is 5. The third kappa shape index (κ3) is 4.45. The van der Waals surface area contributed by atoms with Gasteiger partial charge in [0.1, 0.15) is 0 Å². The molecule has 3 nitrogen and oxygen atoms in total. The molecule has 1 aromatic rings. The molecule has 2 N–H and O–H groups in total. The number of nitrogens with zero attached hydrogens (tertiary/aromatic N) is 1. The summed E-state index contributed by atoms with van der Waals surface area (Å²) in [7, 11) is 0. The Hall–Kier alpha value is -0.830. The molecule has 1 fully saturated rings. The average Bonchev–Trinajstić information content (AvgIpc) is 2.72. The number of nitrogens with one attached hydrogen (secondary N) is 2. The highest BCUT2D eigenvalue weighted by Gasteiger charge is 2.10. The van der Waals surface area contributed by atoms with Gasteiger partial charge in [-0.05, 0) is 44.7 Å². The van der Waals surface area contributed by atoms with Crippen LogP contribution >= 0.6 is 0 Å². The molecule has 18 heavy (non-hydrogen) atoms. The Bertz CT molecular complexity index is 324. The molecule has 0 atom stereocenters. The van der Waals surface area contributed by atoms with E-state index < -0.39 is 0 Å². The SMILES string of the molecule is Cc1[nH]ncc1CCCNC1CCCCCCC1. The predicted octanol–water partition coefficient (Wildman–Crippen LogP) is 3.35. The van der Waals surface area contributed by atoms with Crippen LogP contribution in [0, 0.1) is 6.92 Å². The summed E-state index contributed by atoms with van der Waals surface area (Å²) in [6.45, 7) is 3.25. The maximum Gasteiger partial charge on any atom is 0.0522 e.